The molecule has 1 saturated carbocycles. The average molecular weight is 772 g/mol. The largest absolute Gasteiger partial charge is 0.327 e. The Morgan fingerprint density at radius 3 is 2.46 bits per heavy atom. The molecule has 3 aromatic heterocycles. The van der Waals surface area contributed by atoms with Crippen LogP contribution in [0.4, 0.5) is 4.39 Å². The molecule has 7 rings (SSSR count). The number of hydrogen-bond donors (Lipinski definition) is 0. The Bertz CT molecular complexity index is 2130. The number of rotatable bonds is 5. The van der Waals surface area contributed by atoms with Crippen LogP contribution in [0.1, 0.15) is 105 Å². The molecule has 0 radical (unpaired) electrons. The molecule has 272 valence electrons. The molecule has 4 aromatic rings. The van der Waals surface area contributed by atoms with Crippen LogP contribution in [0, 0.1) is 30.5 Å². The maximum absolute atomic E-state index is 14.6. The number of ketones is 3. The number of carbonyl (C=O) groups is 4. The second-order valence-corrected chi connectivity index (χ2v) is 16.5. The smallest absolute Gasteiger partial charge is 0.245 e. The highest BCUT2D eigenvalue weighted by Crippen LogP contribution is 2.62. The number of aromatic nitrogens is 5. The fraction of sp³-hybridized carbons (Fsp3) is 0.500. The van der Waals surface area contributed by atoms with E-state index in [0.717, 1.165) is 54.3 Å². The van der Waals surface area contributed by atoms with Gasteiger partial charge in [0.05, 0.1) is 23.7 Å². The first-order valence-electron chi connectivity index (χ1n) is 18.2. The van der Waals surface area contributed by atoms with Gasteiger partial charge in [0, 0.05) is 48.1 Å². The average Bonchev–Trinajstić information content (AvgIpc) is 3.50. The molecule has 3 atom stereocenters. The highest BCUT2D eigenvalue weighted by Gasteiger charge is 2.66. The molecule has 2 fully saturated rings. The molecular weight excluding hydrogens is 727 g/mol. The van der Waals surface area contributed by atoms with Gasteiger partial charge in [-0.05, 0) is 109 Å². The Hall–Kier alpha value is -4.19. The summed E-state index contributed by atoms with van der Waals surface area (Å²) in [5.74, 6) is -0.277. The molecule has 1 aliphatic carbocycles. The molecule has 0 N–H and O–H groups in total. The van der Waals surface area contributed by atoms with E-state index in [1.165, 1.54) is 13.0 Å². The highest BCUT2D eigenvalue weighted by atomic mass is 79.9. The number of pyridine rings is 1. The number of hydrogen-bond acceptors (Lipinski definition) is 8. The number of nitrogens with zero attached hydrogens (tertiary/aromatic N) is 6. The monoisotopic (exact) mass is 770 g/mol. The van der Waals surface area contributed by atoms with Gasteiger partial charge in [-0.2, -0.15) is 5.10 Å². The minimum absolute atomic E-state index is 0.0366. The fourth-order valence-corrected chi connectivity index (χ4v) is 8.80. The summed E-state index contributed by atoms with van der Waals surface area (Å²) in [5, 5.41) is 5.42. The third-order valence-corrected chi connectivity index (χ3v) is 12.2. The van der Waals surface area contributed by atoms with Crippen LogP contribution in [0.15, 0.2) is 35.2 Å². The van der Waals surface area contributed by atoms with Crippen LogP contribution in [0.5, 0.6) is 0 Å². The quantitative estimate of drug-likeness (QED) is 0.153. The zero-order valence-electron chi connectivity index (χ0n) is 30.4. The second-order valence-electron chi connectivity index (χ2n) is 15.8. The number of amides is 1. The zero-order valence-corrected chi connectivity index (χ0v) is 32.0. The van der Waals surface area contributed by atoms with E-state index in [2.05, 4.69) is 36.9 Å². The maximum atomic E-state index is 14.6. The Balaban J connectivity index is 1.30. The van der Waals surface area contributed by atoms with Gasteiger partial charge in [-0.15, -0.1) is 0 Å². The molecular formula is C40H44BrFN6O4. The summed E-state index contributed by atoms with van der Waals surface area (Å²) < 4.78 is 15.9. The van der Waals surface area contributed by atoms with E-state index in [4.69, 9.17) is 5.10 Å². The highest BCUT2D eigenvalue weighted by molar-refractivity contribution is 9.10. The number of Topliss-reactive ketones (excluding diaryl/α,β-unsaturated/α-hetero) is 3. The SMILES string of the molecule is CC(=O)c1nn2c3c(cc(-c4cnc(C)nc4)cc13)CCCCCC(C)(C)C(=O)CC[C@@]13C[C@@H](C(=O)Cc4nc(Br)c(F)cc4C)N(C(=O)C2)[C@@H]1C3. The van der Waals surface area contributed by atoms with Crippen molar-refractivity contribution in [1.29, 1.82) is 0 Å². The van der Waals surface area contributed by atoms with Crippen LogP contribution in [-0.2, 0) is 33.8 Å². The number of aryl methyl sites for hydroxylation is 3. The van der Waals surface area contributed by atoms with Gasteiger partial charge in [-0.25, -0.2) is 19.3 Å². The second kappa shape index (κ2) is 13.7. The van der Waals surface area contributed by atoms with Crippen molar-refractivity contribution in [2.75, 3.05) is 0 Å². The van der Waals surface area contributed by atoms with Crippen LogP contribution < -0.4 is 0 Å². The lowest BCUT2D eigenvalue weighted by Crippen LogP contribution is -2.45. The van der Waals surface area contributed by atoms with Crippen molar-refractivity contribution in [3.8, 4) is 11.1 Å². The maximum Gasteiger partial charge on any atom is 0.245 e. The minimum atomic E-state index is -0.722. The Labute approximate surface area is 311 Å². The predicted octanol–water partition coefficient (Wildman–Crippen LogP) is 7.27. The first kappa shape index (κ1) is 36.2. The molecule has 1 saturated heterocycles. The number of carbonyl (C=O) groups excluding carboxylic acids is 4. The van der Waals surface area contributed by atoms with Crippen LogP contribution in [0.25, 0.3) is 22.0 Å². The number of benzene rings is 1. The van der Waals surface area contributed by atoms with Gasteiger partial charge in [0.1, 0.15) is 28.4 Å². The molecule has 2 aliphatic heterocycles. The molecule has 0 unspecified atom stereocenters. The summed E-state index contributed by atoms with van der Waals surface area (Å²) >= 11 is 3.15. The summed E-state index contributed by atoms with van der Waals surface area (Å²) in [6.07, 6.45) is 9.80. The van der Waals surface area contributed by atoms with E-state index in [9.17, 15) is 23.6 Å². The third-order valence-electron chi connectivity index (χ3n) is 11.7. The molecule has 5 heterocycles. The first-order valence-corrected chi connectivity index (χ1v) is 19.0. The Morgan fingerprint density at radius 1 is 0.981 bits per heavy atom. The van der Waals surface area contributed by atoms with Crippen molar-refractivity contribution in [3.05, 3.63) is 69.4 Å². The summed E-state index contributed by atoms with van der Waals surface area (Å²) in [6.45, 7) is 8.93. The van der Waals surface area contributed by atoms with Gasteiger partial charge in [-0.3, -0.25) is 23.9 Å². The lowest BCUT2D eigenvalue weighted by Gasteiger charge is -2.27. The summed E-state index contributed by atoms with van der Waals surface area (Å²) in [5.41, 5.74) is 3.85. The summed E-state index contributed by atoms with van der Waals surface area (Å²) in [7, 11) is 0. The standard InChI is InChI=1S/C40H44BrFN6O4/c1-22-13-29(42)38(41)45-30(22)16-32(50)31-17-40-12-10-34(51)39(4,5)11-8-6-7-9-25-14-26(27-19-43-24(3)44-20-27)15-28-36(23(2)49)46-47(37(25)28)21-35(52)48(31)33(40)18-40/h13-15,19-20,31,33H,6-12,16-18,21H2,1-5H3/t31-,33+,40-/m0/s1. The minimum Gasteiger partial charge on any atom is -0.327 e. The van der Waals surface area contributed by atoms with E-state index in [1.54, 1.807) is 28.9 Å². The van der Waals surface area contributed by atoms with Crippen molar-refractivity contribution in [1.82, 2.24) is 29.6 Å². The number of piperidine rings is 1. The van der Waals surface area contributed by atoms with Crippen molar-refractivity contribution < 1.29 is 23.6 Å². The van der Waals surface area contributed by atoms with Crippen LogP contribution in [0.3, 0.4) is 0 Å². The molecule has 1 amide bonds. The van der Waals surface area contributed by atoms with Gasteiger partial charge in [-0.1, -0.05) is 26.7 Å². The van der Waals surface area contributed by atoms with Gasteiger partial charge in [0.25, 0.3) is 0 Å². The third kappa shape index (κ3) is 6.74. The van der Waals surface area contributed by atoms with Crippen LogP contribution in [0.2, 0.25) is 0 Å². The number of halogens is 2. The van der Waals surface area contributed by atoms with E-state index in [-0.39, 0.29) is 58.0 Å². The Kier molecular flexibility index (Phi) is 9.50. The van der Waals surface area contributed by atoms with Crippen molar-refractivity contribution in [2.24, 2.45) is 10.8 Å². The fourth-order valence-electron chi connectivity index (χ4n) is 8.47. The van der Waals surface area contributed by atoms with Gasteiger partial charge >= 0.3 is 0 Å². The summed E-state index contributed by atoms with van der Waals surface area (Å²) in [6, 6.07) is 4.45. The van der Waals surface area contributed by atoms with Crippen molar-refractivity contribution in [2.45, 2.75) is 117 Å². The van der Waals surface area contributed by atoms with Crippen molar-refractivity contribution >= 4 is 50.1 Å². The molecule has 3 aliphatic rings. The molecule has 52 heavy (non-hydrogen) atoms. The van der Waals surface area contributed by atoms with E-state index in [0.29, 0.717) is 48.2 Å². The Morgan fingerprint density at radius 2 is 1.73 bits per heavy atom. The normalized spacial score (nSPS) is 23.4. The molecule has 2 bridgehead atoms. The lowest BCUT2D eigenvalue weighted by molar-refractivity contribution is -0.139. The predicted molar refractivity (Wildman–Crippen MR) is 197 cm³/mol. The van der Waals surface area contributed by atoms with E-state index < -0.39 is 17.3 Å². The lowest BCUT2D eigenvalue weighted by atomic mass is 9.79. The topological polar surface area (TPSA) is 128 Å². The van der Waals surface area contributed by atoms with E-state index >= 15 is 0 Å². The molecule has 12 heteroatoms. The molecule has 1 aromatic carbocycles. The van der Waals surface area contributed by atoms with Gasteiger partial charge in [0.2, 0.25) is 5.91 Å². The molecule has 0 spiro atoms. The first-order chi connectivity index (χ1) is 24.7. The molecule has 10 nitrogen and oxygen atoms in total. The van der Waals surface area contributed by atoms with Crippen LogP contribution >= 0.6 is 15.9 Å². The van der Waals surface area contributed by atoms with Crippen molar-refractivity contribution in [3.63, 3.8) is 0 Å². The van der Waals surface area contributed by atoms with E-state index in [1.807, 2.05) is 26.8 Å². The van der Waals surface area contributed by atoms with Crippen LogP contribution in [-0.4, -0.2) is 65.0 Å². The van der Waals surface area contributed by atoms with Gasteiger partial charge in [0.15, 0.2) is 17.4 Å². The van der Waals surface area contributed by atoms with Gasteiger partial charge < -0.3 is 4.90 Å². The zero-order chi connectivity index (χ0) is 37.1. The summed E-state index contributed by atoms with van der Waals surface area (Å²) in [4.78, 5) is 70.2.